The predicted molar refractivity (Wildman–Crippen MR) is 191 cm³/mol. The Hall–Kier alpha value is -1.42. The third-order valence-corrected chi connectivity index (χ3v) is 11.2. The summed E-state index contributed by atoms with van der Waals surface area (Å²) in [5.41, 5.74) is -3.01. The number of carbonyl (C=O) groups excluding carboxylic acids is 2. The molecule has 0 saturated carbocycles. The first-order chi connectivity index (χ1) is 23.3. The van der Waals surface area contributed by atoms with Crippen molar-refractivity contribution in [2.75, 3.05) is 47.4 Å². The van der Waals surface area contributed by atoms with Crippen LogP contribution >= 0.6 is 0 Å². The lowest BCUT2D eigenvalue weighted by Crippen LogP contribution is -2.60. The van der Waals surface area contributed by atoms with Gasteiger partial charge in [0.05, 0.1) is 35.9 Å². The number of carbonyl (C=O) groups is 2. The van der Waals surface area contributed by atoms with Crippen molar-refractivity contribution in [1.82, 2.24) is 15.1 Å². The Morgan fingerprint density at radius 1 is 1.02 bits per heavy atom. The van der Waals surface area contributed by atoms with Gasteiger partial charge in [0, 0.05) is 38.1 Å². The smallest absolute Gasteiger partial charge is 0.311 e. The highest BCUT2D eigenvalue weighted by molar-refractivity contribution is 5.78. The standard InChI is InChI=1S/C37H71N3O10/c1-14-28-37(10,45)31(42)26(8)38-33(43)22(4)21-36(9,46-13)32(50-35-29(41)27(39(11)12)20-23(5)48-35)24(6)30(25(7)34(44)49-28)47-19-17-18-40(15-2)16-3/h22-32,35,41-42,45H,14-21H2,1-13H3,(H,38,43)/t22-,23-,24+,25-,26-,27+,28-,29+,30+,31-,32-,35+,36-,37-/m1/s1. The summed E-state index contributed by atoms with van der Waals surface area (Å²) < 4.78 is 31.9. The average Bonchev–Trinajstić information content (AvgIpc) is 3.06. The van der Waals surface area contributed by atoms with E-state index in [2.05, 4.69) is 24.1 Å². The number of hydrogen-bond acceptors (Lipinski definition) is 12. The number of ether oxygens (including phenoxy) is 5. The van der Waals surface area contributed by atoms with Crippen molar-refractivity contribution in [1.29, 1.82) is 0 Å². The highest BCUT2D eigenvalue weighted by atomic mass is 16.7. The van der Waals surface area contributed by atoms with Gasteiger partial charge in [-0.2, -0.15) is 0 Å². The molecule has 0 aromatic carbocycles. The fourth-order valence-electron chi connectivity index (χ4n) is 7.75. The first kappa shape index (κ1) is 44.7. The molecule has 0 aliphatic carbocycles. The maximum Gasteiger partial charge on any atom is 0.311 e. The van der Waals surface area contributed by atoms with E-state index in [4.69, 9.17) is 23.7 Å². The van der Waals surface area contributed by atoms with Gasteiger partial charge in [0.1, 0.15) is 23.9 Å². The highest BCUT2D eigenvalue weighted by Gasteiger charge is 2.51. The van der Waals surface area contributed by atoms with Crippen LogP contribution in [0.5, 0.6) is 0 Å². The van der Waals surface area contributed by atoms with Crippen LogP contribution in [0.3, 0.4) is 0 Å². The van der Waals surface area contributed by atoms with Gasteiger partial charge in [0.15, 0.2) is 6.29 Å². The molecule has 0 radical (unpaired) electrons. The summed E-state index contributed by atoms with van der Waals surface area (Å²) in [7, 11) is 5.37. The largest absolute Gasteiger partial charge is 0.459 e. The molecule has 2 aliphatic heterocycles. The van der Waals surface area contributed by atoms with Gasteiger partial charge < -0.3 is 54.1 Å². The van der Waals surface area contributed by atoms with Crippen LogP contribution in [0.2, 0.25) is 0 Å². The van der Waals surface area contributed by atoms with Gasteiger partial charge in [-0.15, -0.1) is 0 Å². The zero-order chi connectivity index (χ0) is 38.1. The second-order valence-corrected chi connectivity index (χ2v) is 15.4. The van der Waals surface area contributed by atoms with Crippen LogP contribution in [0.1, 0.15) is 94.9 Å². The molecule has 13 nitrogen and oxygen atoms in total. The monoisotopic (exact) mass is 718 g/mol. The third kappa shape index (κ3) is 11.1. The number of aliphatic hydroxyl groups is 3. The van der Waals surface area contributed by atoms with Crippen molar-refractivity contribution in [3.05, 3.63) is 0 Å². The quantitative estimate of drug-likeness (QED) is 0.173. The zero-order valence-electron chi connectivity index (χ0n) is 33.2. The van der Waals surface area contributed by atoms with E-state index in [-0.39, 0.29) is 30.9 Å². The number of amides is 1. The number of aliphatic hydroxyl groups excluding tert-OH is 2. The first-order valence-electron chi connectivity index (χ1n) is 18.7. The van der Waals surface area contributed by atoms with Crippen molar-refractivity contribution in [3.63, 3.8) is 0 Å². The topological polar surface area (TPSA) is 159 Å². The summed E-state index contributed by atoms with van der Waals surface area (Å²) in [6.45, 7) is 21.2. The van der Waals surface area contributed by atoms with Crippen LogP contribution < -0.4 is 5.32 Å². The van der Waals surface area contributed by atoms with Gasteiger partial charge in [-0.3, -0.25) is 9.59 Å². The van der Waals surface area contributed by atoms with E-state index >= 15 is 0 Å². The summed E-state index contributed by atoms with van der Waals surface area (Å²) in [5, 5.41) is 37.2. The van der Waals surface area contributed by atoms with Crippen LogP contribution in [0, 0.1) is 17.8 Å². The lowest BCUT2D eigenvalue weighted by atomic mass is 9.77. The Morgan fingerprint density at radius 2 is 1.64 bits per heavy atom. The number of nitrogens with zero attached hydrogens (tertiary/aromatic N) is 2. The molecular weight excluding hydrogens is 646 g/mol. The number of likely N-dealkylation sites (N-methyl/N-ethyl adjacent to an activating group) is 1. The minimum absolute atomic E-state index is 0.185. The molecule has 294 valence electrons. The Labute approximate surface area is 301 Å². The summed E-state index contributed by atoms with van der Waals surface area (Å²) in [6, 6.07) is -1.10. The van der Waals surface area contributed by atoms with E-state index in [9.17, 15) is 24.9 Å². The fourth-order valence-corrected chi connectivity index (χ4v) is 7.75. The third-order valence-electron chi connectivity index (χ3n) is 11.2. The van der Waals surface area contributed by atoms with E-state index < -0.39 is 77.8 Å². The molecule has 2 rings (SSSR count). The SMILES string of the molecule is CC[C@H]1OC(=O)[C@H](C)[C@@H](OCCCN(CC)CC)[C@H](C)[C@@H](O[C@@H]2O[C@H](C)C[C@H](N(C)C)[C@@H]2O)[C@](C)(OC)C[C@@H](C)C(=O)N[C@H](C)[C@@H](O)[C@]1(C)O. The Kier molecular flexibility index (Phi) is 17.5. The van der Waals surface area contributed by atoms with Crippen LogP contribution in [0.25, 0.3) is 0 Å². The van der Waals surface area contributed by atoms with Gasteiger partial charge >= 0.3 is 5.97 Å². The van der Waals surface area contributed by atoms with E-state index in [1.807, 2.05) is 39.8 Å². The van der Waals surface area contributed by atoms with E-state index in [1.54, 1.807) is 34.8 Å². The molecule has 2 aliphatic rings. The molecule has 0 aromatic heterocycles. The molecule has 14 atom stereocenters. The van der Waals surface area contributed by atoms with E-state index in [1.165, 1.54) is 6.92 Å². The maximum atomic E-state index is 14.0. The van der Waals surface area contributed by atoms with Crippen LogP contribution in [0.15, 0.2) is 0 Å². The summed E-state index contributed by atoms with van der Waals surface area (Å²) in [4.78, 5) is 31.9. The maximum absolute atomic E-state index is 14.0. The lowest BCUT2D eigenvalue weighted by Gasteiger charge is -2.48. The van der Waals surface area contributed by atoms with Crippen LogP contribution in [-0.4, -0.2) is 151 Å². The number of cyclic esters (lactones) is 1. The van der Waals surface area contributed by atoms with E-state index in [0.717, 1.165) is 26.1 Å². The number of nitrogens with one attached hydrogen (secondary N) is 1. The molecule has 2 fully saturated rings. The van der Waals surface area contributed by atoms with Gasteiger partial charge in [0.25, 0.3) is 0 Å². The molecular formula is C37H71N3O10. The van der Waals surface area contributed by atoms with Crippen molar-refractivity contribution < 1.29 is 48.6 Å². The van der Waals surface area contributed by atoms with Gasteiger partial charge in [0.2, 0.25) is 5.91 Å². The summed E-state index contributed by atoms with van der Waals surface area (Å²) in [6.07, 6.45) is -4.59. The number of methoxy groups -OCH3 is 1. The second-order valence-electron chi connectivity index (χ2n) is 15.4. The van der Waals surface area contributed by atoms with E-state index in [0.29, 0.717) is 13.0 Å². The zero-order valence-corrected chi connectivity index (χ0v) is 33.2. The Bertz CT molecular complexity index is 1040. The highest BCUT2D eigenvalue weighted by Crippen LogP contribution is 2.38. The summed E-state index contributed by atoms with van der Waals surface area (Å²) in [5.74, 6) is -2.96. The normalized spacial score (nSPS) is 41.4. The van der Waals surface area contributed by atoms with Crippen molar-refractivity contribution in [2.45, 2.75) is 161 Å². The Balaban J connectivity index is 2.70. The molecule has 13 heteroatoms. The second kappa shape index (κ2) is 19.6. The van der Waals surface area contributed by atoms with Crippen LogP contribution in [0.4, 0.5) is 0 Å². The minimum Gasteiger partial charge on any atom is -0.459 e. The molecule has 1 amide bonds. The molecule has 50 heavy (non-hydrogen) atoms. The van der Waals surface area contributed by atoms with Crippen molar-refractivity contribution in [2.24, 2.45) is 17.8 Å². The first-order valence-corrected chi connectivity index (χ1v) is 18.7. The molecule has 0 aromatic rings. The molecule has 0 bridgehead atoms. The molecule has 0 unspecified atom stereocenters. The number of esters is 1. The molecule has 0 spiro atoms. The van der Waals surface area contributed by atoms with Gasteiger partial charge in [-0.25, -0.2) is 0 Å². The van der Waals surface area contributed by atoms with Gasteiger partial charge in [-0.1, -0.05) is 34.6 Å². The average molecular weight is 718 g/mol. The molecule has 2 heterocycles. The number of hydrogen-bond donors (Lipinski definition) is 4. The predicted octanol–water partition coefficient (Wildman–Crippen LogP) is 2.57. The van der Waals surface area contributed by atoms with Crippen molar-refractivity contribution in [3.8, 4) is 0 Å². The number of rotatable bonds is 12. The van der Waals surface area contributed by atoms with Crippen LogP contribution in [-0.2, 0) is 33.3 Å². The lowest BCUT2D eigenvalue weighted by molar-refractivity contribution is -0.302. The van der Waals surface area contributed by atoms with Crippen molar-refractivity contribution >= 4 is 11.9 Å². The Morgan fingerprint density at radius 3 is 2.18 bits per heavy atom. The summed E-state index contributed by atoms with van der Waals surface area (Å²) >= 11 is 0. The van der Waals surface area contributed by atoms with Gasteiger partial charge in [-0.05, 0) is 87.5 Å². The fraction of sp³-hybridized carbons (Fsp3) is 0.946. The minimum atomic E-state index is -1.87. The molecule has 4 N–H and O–H groups in total. The molecule has 2 saturated heterocycles.